The molecule has 1 aromatic carbocycles. The number of ether oxygens (including phenoxy) is 2. The summed E-state index contributed by atoms with van der Waals surface area (Å²) in [6, 6.07) is 10.2. The first-order valence-corrected chi connectivity index (χ1v) is 12.4. The van der Waals surface area contributed by atoms with E-state index < -0.39 is 17.0 Å². The molecule has 7 nitrogen and oxygen atoms in total. The number of anilines is 1. The first-order chi connectivity index (χ1) is 15.4. The Hall–Kier alpha value is -1.84. The molecule has 32 heavy (non-hydrogen) atoms. The van der Waals surface area contributed by atoms with Crippen molar-refractivity contribution < 1.29 is 19.1 Å². The molecule has 0 aliphatic carbocycles. The zero-order valence-electron chi connectivity index (χ0n) is 19.1. The quantitative estimate of drug-likeness (QED) is 0.640. The molecule has 0 bridgehead atoms. The van der Waals surface area contributed by atoms with Gasteiger partial charge in [0.1, 0.15) is 11.4 Å². The predicted molar refractivity (Wildman–Crippen MR) is 125 cm³/mol. The van der Waals surface area contributed by atoms with Gasteiger partial charge in [0.05, 0.1) is 37.7 Å². The third kappa shape index (κ3) is 5.05. The van der Waals surface area contributed by atoms with Crippen LogP contribution in [0.15, 0.2) is 35.2 Å². The number of fused-ring (bicyclic) bond motifs is 1. The predicted octanol–water partition coefficient (Wildman–Crippen LogP) is 3.35. The zero-order chi connectivity index (χ0) is 22.7. The normalized spacial score (nSPS) is 21.5. The molecule has 2 N–H and O–H groups in total. The number of hydrogen-bond acceptors (Lipinski definition) is 7. The summed E-state index contributed by atoms with van der Waals surface area (Å²) in [4.78, 5) is 5.39. The molecule has 1 aromatic heterocycles. The van der Waals surface area contributed by atoms with E-state index in [9.17, 15) is 9.66 Å². The fourth-order valence-electron chi connectivity index (χ4n) is 4.27. The van der Waals surface area contributed by atoms with Gasteiger partial charge in [-0.05, 0) is 43.9 Å². The Morgan fingerprint density at radius 3 is 2.72 bits per heavy atom. The molecule has 2 atom stereocenters. The van der Waals surface area contributed by atoms with E-state index in [1.54, 1.807) is 0 Å². The molecule has 3 heterocycles. The van der Waals surface area contributed by atoms with E-state index >= 15 is 0 Å². The van der Waals surface area contributed by atoms with Crippen LogP contribution in [-0.4, -0.2) is 57.0 Å². The average Bonchev–Trinajstić information content (AvgIpc) is 2.86. The highest BCUT2D eigenvalue weighted by atomic mass is 32.2. The Morgan fingerprint density at radius 2 is 2.00 bits per heavy atom. The number of nitrogens with zero attached hydrogens (tertiary/aromatic N) is 2. The first kappa shape index (κ1) is 23.3. The number of aryl methyl sites for hydroxylation is 2. The summed E-state index contributed by atoms with van der Waals surface area (Å²) in [6.45, 7) is 8.52. The van der Waals surface area contributed by atoms with E-state index in [0.29, 0.717) is 49.3 Å². The Morgan fingerprint density at radius 1 is 1.25 bits per heavy atom. The summed E-state index contributed by atoms with van der Waals surface area (Å²) < 4.78 is 28.0. The monoisotopic (exact) mass is 459 g/mol. The maximum absolute atomic E-state index is 13.8. The van der Waals surface area contributed by atoms with Gasteiger partial charge < -0.3 is 24.4 Å². The van der Waals surface area contributed by atoms with Gasteiger partial charge in [-0.2, -0.15) is 4.98 Å². The lowest BCUT2D eigenvalue weighted by atomic mass is 9.93. The Labute approximate surface area is 193 Å². The van der Waals surface area contributed by atoms with E-state index in [2.05, 4.69) is 24.4 Å². The number of benzene rings is 1. The number of aliphatic hydroxyl groups is 1. The number of hydrogen-bond donors (Lipinski definition) is 2. The highest BCUT2D eigenvalue weighted by Gasteiger charge is 2.46. The maximum Gasteiger partial charge on any atom is 0.275 e. The van der Waals surface area contributed by atoms with Crippen LogP contribution in [0.2, 0.25) is 0 Å². The van der Waals surface area contributed by atoms with E-state index in [4.69, 9.17) is 14.5 Å². The number of aromatic nitrogens is 1. The molecule has 8 heteroatoms. The molecule has 2 aromatic rings. The Balaban J connectivity index is 1.71. The van der Waals surface area contributed by atoms with Crippen molar-refractivity contribution in [2.24, 2.45) is 0 Å². The van der Waals surface area contributed by atoms with Crippen molar-refractivity contribution in [3.63, 3.8) is 0 Å². The second-order valence-electron chi connectivity index (χ2n) is 8.89. The fraction of sp³-hybridized carbons (Fsp3) is 0.542. The van der Waals surface area contributed by atoms with Crippen LogP contribution in [0.1, 0.15) is 42.9 Å². The highest BCUT2D eigenvalue weighted by Crippen LogP contribution is 2.40. The molecule has 1 fully saturated rings. The van der Waals surface area contributed by atoms with Crippen LogP contribution in [-0.2, 0) is 22.6 Å². The van der Waals surface area contributed by atoms with Crippen LogP contribution in [0, 0.1) is 13.8 Å². The molecular formula is C24H33N3O4S. The van der Waals surface area contributed by atoms with Gasteiger partial charge in [0.2, 0.25) is 4.90 Å². The smallest absolute Gasteiger partial charge is 0.275 e. The third-order valence-corrected chi connectivity index (χ3v) is 7.70. The summed E-state index contributed by atoms with van der Waals surface area (Å²) in [5.41, 5.74) is 2.76. The standard InChI is InChI=1S/C24H33N3O4S/c1-17-6-4-5-7-20(17)15-27-16-24(9-12-30-13-10-24)31-23-21(32(27)29)14-18(2)22(26-23)25-19(3)8-11-28/h4-7,14,19,28H,8-13,15-16H2,1-3H3,(H,25,26). The van der Waals surface area contributed by atoms with Crippen molar-refractivity contribution >= 4 is 17.2 Å². The number of aliphatic hydroxyl groups excluding tert-OH is 1. The van der Waals surface area contributed by atoms with Crippen LogP contribution < -0.4 is 10.1 Å². The van der Waals surface area contributed by atoms with Crippen molar-refractivity contribution in [2.45, 2.75) is 63.1 Å². The lowest BCUT2D eigenvalue weighted by Gasteiger charge is -2.37. The minimum absolute atomic E-state index is 0.0649. The van der Waals surface area contributed by atoms with E-state index in [1.165, 1.54) is 5.56 Å². The zero-order valence-corrected chi connectivity index (χ0v) is 19.9. The number of rotatable bonds is 6. The van der Waals surface area contributed by atoms with Gasteiger partial charge in [0.15, 0.2) is 0 Å². The van der Waals surface area contributed by atoms with Gasteiger partial charge in [0, 0.05) is 31.6 Å². The molecule has 0 saturated carbocycles. The fourth-order valence-corrected chi connectivity index (χ4v) is 5.67. The van der Waals surface area contributed by atoms with Crippen LogP contribution in [0.5, 0.6) is 5.88 Å². The molecule has 2 aliphatic heterocycles. The van der Waals surface area contributed by atoms with E-state index in [-0.39, 0.29) is 12.6 Å². The molecule has 0 amide bonds. The summed E-state index contributed by atoms with van der Waals surface area (Å²) in [5.74, 6) is 1.14. The summed E-state index contributed by atoms with van der Waals surface area (Å²) in [7, 11) is 0. The SMILES string of the molecule is Cc1ccccc1CN1CC2(CCOCC2)Oc2nc(NC(C)CCO)c(C)cc2[S+]1[O-]. The second-order valence-corrected chi connectivity index (χ2v) is 10.3. The number of nitrogens with one attached hydrogen (secondary N) is 1. The van der Waals surface area contributed by atoms with Crippen LogP contribution in [0.25, 0.3) is 0 Å². The lowest BCUT2D eigenvalue weighted by molar-refractivity contribution is -0.0553. The molecule has 1 saturated heterocycles. The molecule has 4 rings (SSSR count). The van der Waals surface area contributed by atoms with Gasteiger partial charge in [0.25, 0.3) is 5.88 Å². The minimum atomic E-state index is -1.40. The van der Waals surface area contributed by atoms with Gasteiger partial charge >= 0.3 is 0 Å². The summed E-state index contributed by atoms with van der Waals surface area (Å²) in [5, 5.41) is 12.6. The Bertz CT molecular complexity index is 935. The minimum Gasteiger partial charge on any atom is -0.593 e. The van der Waals surface area contributed by atoms with E-state index in [0.717, 1.165) is 24.0 Å². The van der Waals surface area contributed by atoms with Gasteiger partial charge in [-0.25, -0.2) is 0 Å². The van der Waals surface area contributed by atoms with Crippen LogP contribution in [0.3, 0.4) is 0 Å². The topological polar surface area (TPSA) is 89.9 Å². The third-order valence-electron chi connectivity index (χ3n) is 6.30. The molecule has 1 spiro atoms. The summed E-state index contributed by atoms with van der Waals surface area (Å²) >= 11 is -1.40. The Kier molecular flexibility index (Phi) is 7.27. The lowest BCUT2D eigenvalue weighted by Crippen LogP contribution is -2.50. The molecule has 2 unspecified atom stereocenters. The summed E-state index contributed by atoms with van der Waals surface area (Å²) in [6.07, 6.45) is 2.08. The molecule has 2 aliphatic rings. The highest BCUT2D eigenvalue weighted by molar-refractivity contribution is 7.89. The van der Waals surface area contributed by atoms with Crippen LogP contribution in [0.4, 0.5) is 5.82 Å². The van der Waals surface area contributed by atoms with Crippen molar-refractivity contribution in [2.75, 3.05) is 31.7 Å². The average molecular weight is 460 g/mol. The van der Waals surface area contributed by atoms with Gasteiger partial charge in [-0.15, -0.1) is 4.31 Å². The van der Waals surface area contributed by atoms with Gasteiger partial charge in [-0.3, -0.25) is 0 Å². The first-order valence-electron chi connectivity index (χ1n) is 11.3. The molecule has 174 valence electrons. The van der Waals surface area contributed by atoms with E-state index in [1.807, 2.05) is 36.4 Å². The van der Waals surface area contributed by atoms with Crippen molar-refractivity contribution in [1.82, 2.24) is 9.29 Å². The van der Waals surface area contributed by atoms with Gasteiger partial charge in [-0.1, -0.05) is 24.3 Å². The van der Waals surface area contributed by atoms with Crippen molar-refractivity contribution in [1.29, 1.82) is 0 Å². The van der Waals surface area contributed by atoms with Crippen molar-refractivity contribution in [3.05, 3.63) is 47.0 Å². The van der Waals surface area contributed by atoms with Crippen LogP contribution >= 0.6 is 0 Å². The largest absolute Gasteiger partial charge is 0.593 e. The second kappa shape index (κ2) is 9.97. The maximum atomic E-state index is 13.8. The molecular weight excluding hydrogens is 426 g/mol. The van der Waals surface area contributed by atoms with Crippen molar-refractivity contribution in [3.8, 4) is 5.88 Å². The number of pyridine rings is 1. The molecule has 0 radical (unpaired) electrons.